The highest BCUT2D eigenvalue weighted by Gasteiger charge is 2.18. The van der Waals surface area contributed by atoms with Crippen molar-refractivity contribution in [2.24, 2.45) is 0 Å². The summed E-state index contributed by atoms with van der Waals surface area (Å²) in [6.07, 6.45) is 0.683. The molecule has 2 aromatic rings. The first kappa shape index (κ1) is 12.4. The van der Waals surface area contributed by atoms with E-state index >= 15 is 0 Å². The minimum atomic E-state index is 0.0574. The Kier molecular flexibility index (Phi) is 4.13. The maximum atomic E-state index is 12.3. The molecule has 0 saturated heterocycles. The lowest BCUT2D eigenvalue weighted by atomic mass is 10.0. The highest BCUT2D eigenvalue weighted by molar-refractivity contribution is 6.07. The second kappa shape index (κ2) is 6.01. The quantitative estimate of drug-likeness (QED) is 0.800. The zero-order valence-electron chi connectivity index (χ0n) is 10.4. The largest absolute Gasteiger partial charge is 0.370 e. The molecule has 1 N–H and O–H groups in total. The van der Waals surface area contributed by atoms with Gasteiger partial charge in [0.25, 0.3) is 0 Å². The molecular weight excluding hydrogens is 222 g/mol. The highest BCUT2D eigenvalue weighted by Crippen LogP contribution is 2.18. The lowest BCUT2D eigenvalue weighted by Crippen LogP contribution is -2.20. The van der Waals surface area contributed by atoms with Gasteiger partial charge in [-0.05, 0) is 18.6 Å². The molecule has 2 aromatic carbocycles. The van der Waals surface area contributed by atoms with E-state index in [-0.39, 0.29) is 5.78 Å². The molecular formula is C16H16NO. The number of hydrogen-bond donors (Lipinski definition) is 1. The summed E-state index contributed by atoms with van der Waals surface area (Å²) in [5.41, 5.74) is 1.66. The van der Waals surface area contributed by atoms with Crippen LogP contribution < -0.4 is 5.32 Å². The van der Waals surface area contributed by atoms with Crippen LogP contribution in [-0.4, -0.2) is 5.78 Å². The zero-order chi connectivity index (χ0) is 12.8. The van der Waals surface area contributed by atoms with E-state index in [1.54, 1.807) is 0 Å². The van der Waals surface area contributed by atoms with Gasteiger partial charge < -0.3 is 5.32 Å². The molecule has 0 spiro atoms. The van der Waals surface area contributed by atoms with Crippen LogP contribution in [-0.2, 0) is 0 Å². The molecule has 0 heterocycles. The summed E-state index contributed by atoms with van der Waals surface area (Å²) in [6.45, 7) is 1.98. The number of rotatable bonds is 5. The number of Topliss-reactive ketones (excluding diaryl/α,β-unsaturated/α-hetero) is 1. The number of hydrogen-bond acceptors (Lipinski definition) is 2. The fraction of sp³-hybridized carbons (Fsp3) is 0.125. The minimum Gasteiger partial charge on any atom is -0.370 e. The van der Waals surface area contributed by atoms with Gasteiger partial charge in [-0.3, -0.25) is 4.79 Å². The molecule has 2 rings (SSSR count). The molecule has 0 saturated carbocycles. The molecule has 18 heavy (non-hydrogen) atoms. The summed E-state index contributed by atoms with van der Waals surface area (Å²) in [5, 5.41) is 3.19. The summed E-state index contributed by atoms with van der Waals surface area (Å²) >= 11 is 0. The van der Waals surface area contributed by atoms with Crippen molar-refractivity contribution in [1.29, 1.82) is 0 Å². The van der Waals surface area contributed by atoms with Crippen LogP contribution in [0.25, 0.3) is 0 Å². The summed E-state index contributed by atoms with van der Waals surface area (Å²) in [4.78, 5) is 12.3. The number of carbonyl (C=O) groups is 1. The molecule has 0 aliphatic heterocycles. The van der Waals surface area contributed by atoms with E-state index in [1.807, 2.05) is 67.6 Å². The van der Waals surface area contributed by atoms with Crippen molar-refractivity contribution in [1.82, 2.24) is 0 Å². The Morgan fingerprint density at radius 2 is 1.50 bits per heavy atom. The summed E-state index contributed by atoms with van der Waals surface area (Å²) in [6, 6.07) is 19.8. The number of anilines is 1. The molecule has 0 atom stereocenters. The predicted molar refractivity (Wildman–Crippen MR) is 74.4 cm³/mol. The van der Waals surface area contributed by atoms with Crippen molar-refractivity contribution in [3.8, 4) is 0 Å². The average Bonchev–Trinajstić information content (AvgIpc) is 2.46. The Morgan fingerprint density at radius 3 is 2.06 bits per heavy atom. The van der Waals surface area contributed by atoms with Crippen molar-refractivity contribution in [2.45, 2.75) is 13.3 Å². The van der Waals surface area contributed by atoms with E-state index in [0.29, 0.717) is 12.5 Å². The Balaban J connectivity index is 2.12. The molecule has 0 aliphatic carbocycles. The van der Waals surface area contributed by atoms with Crippen LogP contribution in [0.3, 0.4) is 0 Å². The van der Waals surface area contributed by atoms with Gasteiger partial charge in [-0.15, -0.1) is 0 Å². The monoisotopic (exact) mass is 238 g/mol. The van der Waals surface area contributed by atoms with Gasteiger partial charge in [0.1, 0.15) is 6.04 Å². The standard InChI is InChI=1S/C16H16NO/c1-2-15(17-14-11-7-4-8-12-14)16(18)13-9-5-3-6-10-13/h3-12,17H,2H2,1H3. The lowest BCUT2D eigenvalue weighted by Gasteiger charge is -2.15. The molecule has 0 aliphatic rings. The molecule has 0 bridgehead atoms. The van der Waals surface area contributed by atoms with Crippen molar-refractivity contribution in [2.75, 3.05) is 5.32 Å². The van der Waals surface area contributed by atoms with Gasteiger partial charge in [0, 0.05) is 11.3 Å². The van der Waals surface area contributed by atoms with Crippen LogP contribution in [0.5, 0.6) is 0 Å². The van der Waals surface area contributed by atoms with Gasteiger partial charge in [-0.2, -0.15) is 0 Å². The van der Waals surface area contributed by atoms with Crippen LogP contribution in [0.2, 0.25) is 0 Å². The number of benzene rings is 2. The summed E-state index contributed by atoms with van der Waals surface area (Å²) < 4.78 is 0. The number of nitrogens with one attached hydrogen (secondary N) is 1. The molecule has 0 unspecified atom stereocenters. The van der Waals surface area contributed by atoms with Crippen molar-refractivity contribution >= 4 is 11.5 Å². The van der Waals surface area contributed by atoms with E-state index < -0.39 is 0 Å². The fourth-order valence-electron chi connectivity index (χ4n) is 1.77. The molecule has 91 valence electrons. The lowest BCUT2D eigenvalue weighted by molar-refractivity contribution is 0.100. The van der Waals surface area contributed by atoms with E-state index in [0.717, 1.165) is 11.3 Å². The zero-order valence-corrected chi connectivity index (χ0v) is 10.4. The van der Waals surface area contributed by atoms with Gasteiger partial charge in [-0.1, -0.05) is 55.5 Å². The van der Waals surface area contributed by atoms with Crippen LogP contribution in [0.4, 0.5) is 5.69 Å². The Morgan fingerprint density at radius 1 is 0.944 bits per heavy atom. The maximum absolute atomic E-state index is 12.3. The SMILES string of the molecule is CC[C](Nc1ccccc1)C(=O)c1ccccc1. The molecule has 2 heteroatoms. The van der Waals surface area contributed by atoms with Crippen molar-refractivity contribution < 1.29 is 4.79 Å². The maximum Gasteiger partial charge on any atom is 0.191 e. The van der Waals surface area contributed by atoms with Crippen LogP contribution in [0.15, 0.2) is 60.7 Å². The normalized spacial score (nSPS) is 10.3. The van der Waals surface area contributed by atoms with Gasteiger partial charge >= 0.3 is 0 Å². The van der Waals surface area contributed by atoms with Crippen LogP contribution in [0, 0.1) is 6.04 Å². The highest BCUT2D eigenvalue weighted by atomic mass is 16.1. The second-order valence-corrected chi connectivity index (χ2v) is 4.02. The first-order valence-electron chi connectivity index (χ1n) is 6.09. The van der Waals surface area contributed by atoms with E-state index in [4.69, 9.17) is 0 Å². The Bertz CT molecular complexity index is 493. The Labute approximate surface area is 108 Å². The van der Waals surface area contributed by atoms with Crippen LogP contribution >= 0.6 is 0 Å². The predicted octanol–water partition coefficient (Wildman–Crippen LogP) is 3.92. The van der Waals surface area contributed by atoms with Crippen molar-refractivity contribution in [3.05, 3.63) is 72.3 Å². The van der Waals surface area contributed by atoms with Gasteiger partial charge in [0.2, 0.25) is 0 Å². The molecule has 1 radical (unpaired) electrons. The van der Waals surface area contributed by atoms with E-state index in [1.165, 1.54) is 0 Å². The molecule has 0 amide bonds. The first-order valence-corrected chi connectivity index (χ1v) is 6.09. The van der Waals surface area contributed by atoms with Gasteiger partial charge in [0.05, 0.1) is 0 Å². The Hall–Kier alpha value is -2.09. The summed E-state index contributed by atoms with van der Waals surface area (Å²) in [5.74, 6) is 0.0574. The third-order valence-corrected chi connectivity index (χ3v) is 2.73. The average molecular weight is 238 g/mol. The van der Waals surface area contributed by atoms with Gasteiger partial charge in [0.15, 0.2) is 5.78 Å². The molecule has 2 nitrogen and oxygen atoms in total. The van der Waals surface area contributed by atoms with Crippen molar-refractivity contribution in [3.63, 3.8) is 0 Å². The number of ketones is 1. The molecule has 0 fully saturated rings. The first-order chi connectivity index (χ1) is 8.81. The molecule has 0 aromatic heterocycles. The van der Waals surface area contributed by atoms with E-state index in [9.17, 15) is 4.79 Å². The van der Waals surface area contributed by atoms with E-state index in [2.05, 4.69) is 5.32 Å². The summed E-state index contributed by atoms with van der Waals surface area (Å²) in [7, 11) is 0. The topological polar surface area (TPSA) is 29.1 Å². The third kappa shape index (κ3) is 2.98. The van der Waals surface area contributed by atoms with Crippen LogP contribution in [0.1, 0.15) is 23.7 Å². The van der Waals surface area contributed by atoms with Gasteiger partial charge in [-0.25, -0.2) is 0 Å². The fourth-order valence-corrected chi connectivity index (χ4v) is 1.77. The number of para-hydroxylation sites is 1. The minimum absolute atomic E-state index is 0.0574. The smallest absolute Gasteiger partial charge is 0.191 e. The third-order valence-electron chi connectivity index (χ3n) is 2.73. The number of carbonyl (C=O) groups excluding carboxylic acids is 1. The second-order valence-electron chi connectivity index (χ2n) is 4.02.